The molecule has 1 aliphatic rings. The summed E-state index contributed by atoms with van der Waals surface area (Å²) >= 11 is 0. The average Bonchev–Trinajstić information content (AvgIpc) is 3.14. The van der Waals surface area contributed by atoms with E-state index < -0.39 is 0 Å². The van der Waals surface area contributed by atoms with Crippen molar-refractivity contribution in [3.63, 3.8) is 0 Å². The molecule has 5 heteroatoms. The third-order valence-corrected chi connectivity index (χ3v) is 4.22. The second-order valence-electron chi connectivity index (χ2n) is 6.37. The summed E-state index contributed by atoms with van der Waals surface area (Å²) in [6.07, 6.45) is 2.34. The summed E-state index contributed by atoms with van der Waals surface area (Å²) in [6.45, 7) is 1.38. The molecule has 1 aliphatic heterocycles. The maximum absolute atomic E-state index is 12.3. The summed E-state index contributed by atoms with van der Waals surface area (Å²) in [5.74, 6) is 0.616. The third-order valence-electron chi connectivity index (χ3n) is 4.22. The highest BCUT2D eigenvalue weighted by molar-refractivity contribution is 6.04. The Labute approximate surface area is 148 Å². The molecule has 0 spiro atoms. The molecule has 2 aromatic carbocycles. The molecular formula is C20H24N2O3. The number of anilines is 2. The fourth-order valence-electron chi connectivity index (χ4n) is 2.71. The van der Waals surface area contributed by atoms with Crippen molar-refractivity contribution in [3.05, 3.63) is 54.1 Å². The lowest BCUT2D eigenvalue weighted by Gasteiger charge is -2.13. The molecule has 0 aliphatic carbocycles. The second kappa shape index (κ2) is 8.03. The predicted octanol–water partition coefficient (Wildman–Crippen LogP) is 3.56. The standard InChI is InChI=1S/C20H24N2O3/c1-22(2)17-9-7-16(8-10-17)21-20(23)15-5-11-18(12-6-15)25-14-19-4-3-13-24-19/h5-12,19H,3-4,13-14H2,1-2H3,(H,21,23). The monoisotopic (exact) mass is 340 g/mol. The Morgan fingerprint density at radius 1 is 1.16 bits per heavy atom. The highest BCUT2D eigenvalue weighted by Gasteiger charge is 2.16. The number of carbonyl (C=O) groups is 1. The molecule has 2 aromatic rings. The molecule has 1 heterocycles. The molecule has 1 N–H and O–H groups in total. The first-order valence-corrected chi connectivity index (χ1v) is 8.55. The number of rotatable bonds is 6. The molecule has 5 nitrogen and oxygen atoms in total. The van der Waals surface area contributed by atoms with Gasteiger partial charge in [0.2, 0.25) is 0 Å². The number of benzene rings is 2. The van der Waals surface area contributed by atoms with Gasteiger partial charge in [0, 0.05) is 37.6 Å². The van der Waals surface area contributed by atoms with Crippen LogP contribution in [0.2, 0.25) is 0 Å². The average molecular weight is 340 g/mol. The quantitative estimate of drug-likeness (QED) is 0.873. The fourth-order valence-corrected chi connectivity index (χ4v) is 2.71. The number of ether oxygens (including phenoxy) is 2. The van der Waals surface area contributed by atoms with E-state index >= 15 is 0 Å². The molecule has 3 rings (SSSR count). The molecule has 1 saturated heterocycles. The van der Waals surface area contributed by atoms with Gasteiger partial charge < -0.3 is 19.7 Å². The van der Waals surface area contributed by atoms with Gasteiger partial charge in [-0.3, -0.25) is 4.79 Å². The van der Waals surface area contributed by atoms with E-state index in [0.717, 1.165) is 36.6 Å². The van der Waals surface area contributed by atoms with Gasteiger partial charge in [0.1, 0.15) is 12.4 Å². The van der Waals surface area contributed by atoms with Crippen molar-refractivity contribution in [2.45, 2.75) is 18.9 Å². The number of nitrogens with zero attached hydrogens (tertiary/aromatic N) is 1. The van der Waals surface area contributed by atoms with Gasteiger partial charge in [-0.15, -0.1) is 0 Å². The summed E-state index contributed by atoms with van der Waals surface area (Å²) in [7, 11) is 3.96. The van der Waals surface area contributed by atoms with Gasteiger partial charge >= 0.3 is 0 Å². The van der Waals surface area contributed by atoms with Gasteiger partial charge in [-0.2, -0.15) is 0 Å². The van der Waals surface area contributed by atoms with Crippen LogP contribution >= 0.6 is 0 Å². The molecule has 132 valence electrons. The van der Waals surface area contributed by atoms with Crippen molar-refractivity contribution in [3.8, 4) is 5.75 Å². The van der Waals surface area contributed by atoms with E-state index in [1.54, 1.807) is 12.1 Å². The summed E-state index contributed by atoms with van der Waals surface area (Å²) in [5, 5.41) is 2.90. The maximum Gasteiger partial charge on any atom is 0.255 e. The largest absolute Gasteiger partial charge is 0.491 e. The van der Waals surface area contributed by atoms with Crippen LogP contribution in [0.5, 0.6) is 5.75 Å². The zero-order valence-corrected chi connectivity index (χ0v) is 14.7. The van der Waals surface area contributed by atoms with E-state index in [9.17, 15) is 4.79 Å². The van der Waals surface area contributed by atoms with E-state index in [4.69, 9.17) is 9.47 Å². The molecule has 1 amide bonds. The number of carbonyl (C=O) groups excluding carboxylic acids is 1. The Bertz CT molecular complexity index is 690. The molecule has 0 bridgehead atoms. The molecule has 1 fully saturated rings. The summed E-state index contributed by atoms with van der Waals surface area (Å²) < 4.78 is 11.3. The highest BCUT2D eigenvalue weighted by atomic mass is 16.5. The van der Waals surface area contributed by atoms with Gasteiger partial charge in [-0.25, -0.2) is 0 Å². The van der Waals surface area contributed by atoms with Crippen LogP contribution < -0.4 is 15.0 Å². The van der Waals surface area contributed by atoms with Crippen molar-refractivity contribution >= 4 is 17.3 Å². The Morgan fingerprint density at radius 2 is 1.88 bits per heavy atom. The van der Waals surface area contributed by atoms with Crippen LogP contribution in [0.15, 0.2) is 48.5 Å². The molecule has 0 radical (unpaired) electrons. The van der Waals surface area contributed by atoms with Gasteiger partial charge in [0.15, 0.2) is 0 Å². The van der Waals surface area contributed by atoms with E-state index in [2.05, 4.69) is 5.32 Å². The summed E-state index contributed by atoms with van der Waals surface area (Å²) in [6, 6.07) is 14.9. The third kappa shape index (κ3) is 4.73. The van der Waals surface area contributed by atoms with Crippen LogP contribution in [0.4, 0.5) is 11.4 Å². The number of hydrogen-bond donors (Lipinski definition) is 1. The van der Waals surface area contributed by atoms with Gasteiger partial charge in [0.25, 0.3) is 5.91 Å². The van der Waals surface area contributed by atoms with Crippen molar-refractivity contribution in [2.24, 2.45) is 0 Å². The zero-order valence-electron chi connectivity index (χ0n) is 14.7. The SMILES string of the molecule is CN(C)c1ccc(NC(=O)c2ccc(OCC3CCCO3)cc2)cc1. The first kappa shape index (κ1) is 17.3. The second-order valence-corrected chi connectivity index (χ2v) is 6.37. The first-order valence-electron chi connectivity index (χ1n) is 8.55. The minimum Gasteiger partial charge on any atom is -0.491 e. The van der Waals surface area contributed by atoms with Gasteiger partial charge in [-0.1, -0.05) is 0 Å². The lowest BCUT2D eigenvalue weighted by atomic mass is 10.2. The molecule has 25 heavy (non-hydrogen) atoms. The van der Waals surface area contributed by atoms with E-state index in [1.807, 2.05) is 55.4 Å². The summed E-state index contributed by atoms with van der Waals surface area (Å²) in [5.41, 5.74) is 2.46. The summed E-state index contributed by atoms with van der Waals surface area (Å²) in [4.78, 5) is 14.3. The molecule has 1 unspecified atom stereocenters. The Balaban J connectivity index is 1.54. The molecular weight excluding hydrogens is 316 g/mol. The normalized spacial score (nSPS) is 16.5. The predicted molar refractivity (Wildman–Crippen MR) is 99.6 cm³/mol. The maximum atomic E-state index is 12.3. The van der Waals surface area contributed by atoms with Crippen LogP contribution in [0, 0.1) is 0 Å². The van der Waals surface area contributed by atoms with Crippen LogP contribution in [0.25, 0.3) is 0 Å². The Hall–Kier alpha value is -2.53. The minimum absolute atomic E-state index is 0.136. The van der Waals surface area contributed by atoms with E-state index in [1.165, 1.54) is 0 Å². The molecule has 0 aromatic heterocycles. The number of nitrogens with one attached hydrogen (secondary N) is 1. The molecule has 1 atom stereocenters. The fraction of sp³-hybridized carbons (Fsp3) is 0.350. The number of amides is 1. The minimum atomic E-state index is -0.136. The van der Waals surface area contributed by atoms with Crippen molar-refractivity contribution < 1.29 is 14.3 Å². The molecule has 0 saturated carbocycles. The van der Waals surface area contributed by atoms with Crippen LogP contribution in [-0.2, 0) is 4.74 Å². The lowest BCUT2D eigenvalue weighted by Crippen LogP contribution is -2.16. The van der Waals surface area contributed by atoms with Crippen molar-refractivity contribution in [2.75, 3.05) is 37.5 Å². The lowest BCUT2D eigenvalue weighted by molar-refractivity contribution is 0.0679. The van der Waals surface area contributed by atoms with Crippen LogP contribution in [-0.4, -0.2) is 39.3 Å². The van der Waals surface area contributed by atoms with Gasteiger partial charge in [0.05, 0.1) is 6.10 Å². The highest BCUT2D eigenvalue weighted by Crippen LogP contribution is 2.19. The smallest absolute Gasteiger partial charge is 0.255 e. The van der Waals surface area contributed by atoms with Crippen LogP contribution in [0.3, 0.4) is 0 Å². The Kier molecular flexibility index (Phi) is 5.56. The van der Waals surface area contributed by atoms with Crippen molar-refractivity contribution in [1.29, 1.82) is 0 Å². The van der Waals surface area contributed by atoms with E-state index in [-0.39, 0.29) is 12.0 Å². The van der Waals surface area contributed by atoms with E-state index in [0.29, 0.717) is 12.2 Å². The zero-order chi connectivity index (χ0) is 17.6. The number of hydrogen-bond acceptors (Lipinski definition) is 4. The Morgan fingerprint density at radius 3 is 2.48 bits per heavy atom. The van der Waals surface area contributed by atoms with Gasteiger partial charge in [-0.05, 0) is 61.4 Å². The topological polar surface area (TPSA) is 50.8 Å². The first-order chi connectivity index (χ1) is 12.1. The van der Waals surface area contributed by atoms with Crippen LogP contribution in [0.1, 0.15) is 23.2 Å². The van der Waals surface area contributed by atoms with Crippen molar-refractivity contribution in [1.82, 2.24) is 0 Å².